The van der Waals surface area contributed by atoms with Gasteiger partial charge in [0.15, 0.2) is 5.78 Å². The largest absolute Gasteiger partial charge is 0.295 e. The monoisotopic (exact) mass is 218 g/mol. The van der Waals surface area contributed by atoms with Crippen LogP contribution in [0.25, 0.3) is 0 Å². The molecule has 0 aromatic rings. The SMILES string of the molecule is CC(=O)C1=C(Cl)C=CC(C)(Cl)C1C. The van der Waals surface area contributed by atoms with Gasteiger partial charge in [-0.05, 0) is 19.9 Å². The number of rotatable bonds is 1. The maximum atomic E-state index is 11.3. The normalized spacial score (nSPS) is 33.8. The molecule has 1 rings (SSSR count). The fourth-order valence-electron chi connectivity index (χ4n) is 1.43. The maximum Gasteiger partial charge on any atom is 0.157 e. The van der Waals surface area contributed by atoms with Crippen molar-refractivity contribution in [3.63, 3.8) is 0 Å². The Morgan fingerprint density at radius 2 is 2.15 bits per heavy atom. The Morgan fingerprint density at radius 1 is 1.62 bits per heavy atom. The standard InChI is InChI=1S/C10H12Cl2O/c1-6-9(7(2)13)8(11)4-5-10(6,3)12/h4-6H,1-3H3. The first kappa shape index (κ1) is 10.8. The van der Waals surface area contributed by atoms with Gasteiger partial charge in [0.1, 0.15) is 0 Å². The molecule has 1 aliphatic carbocycles. The van der Waals surface area contributed by atoms with Gasteiger partial charge in [-0.1, -0.05) is 24.6 Å². The van der Waals surface area contributed by atoms with Crippen molar-refractivity contribution in [2.45, 2.75) is 25.6 Å². The molecule has 0 radical (unpaired) electrons. The molecule has 0 bridgehead atoms. The van der Waals surface area contributed by atoms with Crippen LogP contribution in [0.5, 0.6) is 0 Å². The summed E-state index contributed by atoms with van der Waals surface area (Å²) in [5.74, 6) is -0.0436. The van der Waals surface area contributed by atoms with Gasteiger partial charge in [0, 0.05) is 16.5 Å². The fourth-order valence-corrected chi connectivity index (χ4v) is 1.96. The highest BCUT2D eigenvalue weighted by molar-refractivity contribution is 6.35. The lowest BCUT2D eigenvalue weighted by molar-refractivity contribution is -0.114. The first-order valence-corrected chi connectivity index (χ1v) is 4.90. The van der Waals surface area contributed by atoms with E-state index in [1.807, 2.05) is 19.9 Å². The molecule has 0 saturated carbocycles. The Hall–Kier alpha value is -0.270. The average Bonchev–Trinajstić information content (AvgIpc) is 1.98. The topological polar surface area (TPSA) is 17.1 Å². The molecule has 0 aromatic carbocycles. The molecular formula is C10H12Cl2O. The molecule has 0 spiro atoms. The van der Waals surface area contributed by atoms with Crippen molar-refractivity contribution >= 4 is 29.0 Å². The van der Waals surface area contributed by atoms with Crippen LogP contribution in [0.15, 0.2) is 22.8 Å². The van der Waals surface area contributed by atoms with Gasteiger partial charge >= 0.3 is 0 Å². The Morgan fingerprint density at radius 3 is 2.54 bits per heavy atom. The second-order valence-electron chi connectivity index (χ2n) is 3.52. The quantitative estimate of drug-likeness (QED) is 0.618. The third kappa shape index (κ3) is 1.97. The number of ketones is 1. The summed E-state index contributed by atoms with van der Waals surface area (Å²) in [5, 5.41) is 0.512. The molecule has 3 heteroatoms. The van der Waals surface area contributed by atoms with Crippen molar-refractivity contribution in [1.29, 1.82) is 0 Å². The summed E-state index contributed by atoms with van der Waals surface area (Å²) in [5.41, 5.74) is 0.627. The van der Waals surface area contributed by atoms with Crippen molar-refractivity contribution in [2.75, 3.05) is 0 Å². The Kier molecular flexibility index (Phi) is 2.88. The van der Waals surface area contributed by atoms with Crippen molar-refractivity contribution < 1.29 is 4.79 Å². The molecule has 0 amide bonds. The molecule has 0 heterocycles. The van der Waals surface area contributed by atoms with E-state index in [1.54, 1.807) is 6.08 Å². The van der Waals surface area contributed by atoms with Crippen LogP contribution in [-0.4, -0.2) is 10.7 Å². The predicted octanol–water partition coefficient (Wildman–Crippen LogP) is 3.27. The number of halogens is 2. The zero-order valence-electron chi connectivity index (χ0n) is 7.90. The second kappa shape index (κ2) is 3.47. The minimum absolute atomic E-state index is 0.00581. The molecule has 0 saturated heterocycles. The molecule has 0 fully saturated rings. The minimum Gasteiger partial charge on any atom is -0.295 e. The molecule has 0 aromatic heterocycles. The highest BCUT2D eigenvalue weighted by Crippen LogP contribution is 2.38. The smallest absolute Gasteiger partial charge is 0.157 e. The summed E-state index contributed by atoms with van der Waals surface area (Å²) in [6, 6.07) is 0. The fraction of sp³-hybridized carbons (Fsp3) is 0.500. The van der Waals surface area contributed by atoms with E-state index in [1.165, 1.54) is 6.92 Å². The number of carbonyl (C=O) groups is 1. The van der Waals surface area contributed by atoms with E-state index >= 15 is 0 Å². The van der Waals surface area contributed by atoms with Crippen LogP contribution in [-0.2, 0) is 4.79 Å². The summed E-state index contributed by atoms with van der Waals surface area (Å²) in [7, 11) is 0. The number of hydrogen-bond donors (Lipinski definition) is 0. The zero-order chi connectivity index (χ0) is 10.2. The van der Waals surface area contributed by atoms with Gasteiger partial charge in [-0.25, -0.2) is 0 Å². The summed E-state index contributed by atoms with van der Waals surface area (Å²) < 4.78 is 0. The first-order valence-electron chi connectivity index (χ1n) is 4.15. The molecule has 2 unspecified atom stereocenters. The molecular weight excluding hydrogens is 207 g/mol. The third-order valence-electron chi connectivity index (χ3n) is 2.47. The van der Waals surface area contributed by atoms with Crippen molar-refractivity contribution in [3.8, 4) is 0 Å². The van der Waals surface area contributed by atoms with Gasteiger partial charge in [-0.3, -0.25) is 4.79 Å². The number of carbonyl (C=O) groups excluding carboxylic acids is 1. The molecule has 1 nitrogen and oxygen atoms in total. The van der Waals surface area contributed by atoms with Gasteiger partial charge in [-0.15, -0.1) is 11.6 Å². The molecule has 72 valence electrons. The van der Waals surface area contributed by atoms with Crippen molar-refractivity contribution in [1.82, 2.24) is 0 Å². The van der Waals surface area contributed by atoms with E-state index < -0.39 is 4.87 Å². The van der Waals surface area contributed by atoms with E-state index in [0.717, 1.165) is 0 Å². The van der Waals surface area contributed by atoms with E-state index in [9.17, 15) is 4.79 Å². The van der Waals surface area contributed by atoms with E-state index in [-0.39, 0.29) is 11.7 Å². The van der Waals surface area contributed by atoms with Crippen LogP contribution >= 0.6 is 23.2 Å². The van der Waals surface area contributed by atoms with Gasteiger partial charge < -0.3 is 0 Å². The molecule has 1 aliphatic rings. The van der Waals surface area contributed by atoms with E-state index in [4.69, 9.17) is 23.2 Å². The first-order chi connectivity index (χ1) is 5.86. The molecule has 0 N–H and O–H groups in total. The van der Waals surface area contributed by atoms with E-state index in [0.29, 0.717) is 10.6 Å². The number of Topliss-reactive ketones (excluding diaryl/α,β-unsaturated/α-hetero) is 1. The third-order valence-corrected chi connectivity index (χ3v) is 3.25. The van der Waals surface area contributed by atoms with Crippen LogP contribution in [0.3, 0.4) is 0 Å². The van der Waals surface area contributed by atoms with Gasteiger partial charge in [0.05, 0.1) is 4.87 Å². The number of alkyl halides is 1. The molecule has 0 aliphatic heterocycles. The Bertz CT molecular complexity index is 300. The lowest BCUT2D eigenvalue weighted by Gasteiger charge is -2.30. The second-order valence-corrected chi connectivity index (χ2v) is 4.75. The Labute approximate surface area is 88.4 Å². The molecule has 2 atom stereocenters. The summed E-state index contributed by atoms with van der Waals surface area (Å²) in [6.07, 6.45) is 3.53. The zero-order valence-corrected chi connectivity index (χ0v) is 9.41. The van der Waals surface area contributed by atoms with Crippen molar-refractivity contribution in [2.24, 2.45) is 5.92 Å². The predicted molar refractivity (Wildman–Crippen MR) is 56.1 cm³/mol. The van der Waals surface area contributed by atoms with Gasteiger partial charge in [0.2, 0.25) is 0 Å². The van der Waals surface area contributed by atoms with Crippen LogP contribution in [0.2, 0.25) is 0 Å². The Balaban J connectivity index is 3.16. The summed E-state index contributed by atoms with van der Waals surface area (Å²) in [6.45, 7) is 5.30. The van der Waals surface area contributed by atoms with Crippen LogP contribution in [0, 0.1) is 5.92 Å². The van der Waals surface area contributed by atoms with Crippen LogP contribution < -0.4 is 0 Å². The average molecular weight is 219 g/mol. The molecule has 13 heavy (non-hydrogen) atoms. The lowest BCUT2D eigenvalue weighted by Crippen LogP contribution is -2.30. The van der Waals surface area contributed by atoms with E-state index in [2.05, 4.69) is 0 Å². The summed E-state index contributed by atoms with van der Waals surface area (Å²) in [4.78, 5) is 10.8. The van der Waals surface area contributed by atoms with Gasteiger partial charge in [-0.2, -0.15) is 0 Å². The highest BCUT2D eigenvalue weighted by Gasteiger charge is 2.34. The highest BCUT2D eigenvalue weighted by atomic mass is 35.5. The van der Waals surface area contributed by atoms with Crippen LogP contribution in [0.4, 0.5) is 0 Å². The van der Waals surface area contributed by atoms with Crippen molar-refractivity contribution in [3.05, 3.63) is 22.8 Å². The maximum absolute atomic E-state index is 11.3. The van der Waals surface area contributed by atoms with Crippen LogP contribution in [0.1, 0.15) is 20.8 Å². The number of hydrogen-bond acceptors (Lipinski definition) is 1. The minimum atomic E-state index is -0.501. The number of allylic oxidation sites excluding steroid dienone is 4. The van der Waals surface area contributed by atoms with Gasteiger partial charge in [0.25, 0.3) is 0 Å². The summed E-state index contributed by atoms with van der Waals surface area (Å²) >= 11 is 12.1. The lowest BCUT2D eigenvalue weighted by atomic mass is 9.82.